The third-order valence-electron chi connectivity index (χ3n) is 3.78. The van der Waals surface area contributed by atoms with Gasteiger partial charge < -0.3 is 10.1 Å². The molecule has 21 heavy (non-hydrogen) atoms. The molecule has 120 valence electrons. The van der Waals surface area contributed by atoms with Gasteiger partial charge in [0.2, 0.25) is 0 Å². The molecule has 0 fully saturated rings. The lowest BCUT2D eigenvalue weighted by atomic mass is 10.0. The standard InChI is InChI=1S/C19H33NO/c1-6-8-10-18(9-7-2)20-16(5)17-11-13-19(14-12-17)21-15(3)4/h11-16,18,20H,6-10H2,1-5H3. The first kappa shape index (κ1) is 18.0. The van der Waals surface area contributed by atoms with Gasteiger partial charge in [-0.15, -0.1) is 0 Å². The highest BCUT2D eigenvalue weighted by Crippen LogP contribution is 2.20. The lowest BCUT2D eigenvalue weighted by Gasteiger charge is -2.23. The van der Waals surface area contributed by atoms with Crippen LogP contribution in [0.3, 0.4) is 0 Å². The van der Waals surface area contributed by atoms with Crippen LogP contribution in [0.4, 0.5) is 0 Å². The minimum absolute atomic E-state index is 0.231. The molecular weight excluding hydrogens is 258 g/mol. The van der Waals surface area contributed by atoms with Gasteiger partial charge >= 0.3 is 0 Å². The van der Waals surface area contributed by atoms with Crippen molar-refractivity contribution in [3.8, 4) is 5.75 Å². The Labute approximate surface area is 131 Å². The molecule has 0 radical (unpaired) electrons. The molecule has 2 nitrogen and oxygen atoms in total. The summed E-state index contributed by atoms with van der Waals surface area (Å²) in [7, 11) is 0. The topological polar surface area (TPSA) is 21.3 Å². The lowest BCUT2D eigenvalue weighted by Crippen LogP contribution is -2.31. The van der Waals surface area contributed by atoms with Gasteiger partial charge in [-0.1, -0.05) is 45.2 Å². The highest BCUT2D eigenvalue weighted by atomic mass is 16.5. The zero-order chi connectivity index (χ0) is 15.7. The van der Waals surface area contributed by atoms with Crippen LogP contribution in [0.25, 0.3) is 0 Å². The Bertz CT molecular complexity index is 372. The van der Waals surface area contributed by atoms with E-state index in [0.717, 1.165) is 5.75 Å². The van der Waals surface area contributed by atoms with Crippen molar-refractivity contribution in [2.45, 2.75) is 84.9 Å². The van der Waals surface area contributed by atoms with Crippen molar-refractivity contribution in [1.29, 1.82) is 0 Å². The Morgan fingerprint density at radius 3 is 2.14 bits per heavy atom. The molecular formula is C19H33NO. The van der Waals surface area contributed by atoms with Crippen molar-refractivity contribution in [2.24, 2.45) is 0 Å². The van der Waals surface area contributed by atoms with E-state index in [4.69, 9.17) is 4.74 Å². The van der Waals surface area contributed by atoms with Crippen LogP contribution in [0.15, 0.2) is 24.3 Å². The van der Waals surface area contributed by atoms with Gasteiger partial charge in [0.25, 0.3) is 0 Å². The minimum atomic E-state index is 0.231. The third kappa shape index (κ3) is 6.99. The summed E-state index contributed by atoms with van der Waals surface area (Å²) in [5, 5.41) is 3.79. The molecule has 0 saturated heterocycles. The highest BCUT2D eigenvalue weighted by Gasteiger charge is 2.12. The minimum Gasteiger partial charge on any atom is -0.491 e. The fourth-order valence-corrected chi connectivity index (χ4v) is 2.67. The Kier molecular flexibility index (Phi) is 8.44. The molecule has 0 aliphatic heterocycles. The van der Waals surface area contributed by atoms with E-state index in [0.29, 0.717) is 12.1 Å². The first-order valence-corrected chi connectivity index (χ1v) is 8.59. The van der Waals surface area contributed by atoms with E-state index in [1.165, 1.54) is 37.7 Å². The molecule has 0 bridgehead atoms. The summed E-state index contributed by atoms with van der Waals surface area (Å²) in [4.78, 5) is 0. The highest BCUT2D eigenvalue weighted by molar-refractivity contribution is 5.29. The summed E-state index contributed by atoms with van der Waals surface area (Å²) in [6.45, 7) is 10.9. The van der Waals surface area contributed by atoms with Crippen molar-refractivity contribution in [3.05, 3.63) is 29.8 Å². The van der Waals surface area contributed by atoms with E-state index >= 15 is 0 Å². The van der Waals surface area contributed by atoms with E-state index in [9.17, 15) is 0 Å². The molecule has 0 aromatic heterocycles. The summed E-state index contributed by atoms with van der Waals surface area (Å²) in [5.41, 5.74) is 1.34. The fraction of sp³-hybridized carbons (Fsp3) is 0.684. The number of hydrogen-bond acceptors (Lipinski definition) is 2. The monoisotopic (exact) mass is 291 g/mol. The largest absolute Gasteiger partial charge is 0.491 e. The number of unbranched alkanes of at least 4 members (excludes halogenated alkanes) is 1. The summed E-state index contributed by atoms with van der Waals surface area (Å²) >= 11 is 0. The molecule has 2 heteroatoms. The predicted octanol–water partition coefficient (Wildman–Crippen LogP) is 5.48. The first-order valence-electron chi connectivity index (χ1n) is 8.59. The molecule has 0 heterocycles. The van der Waals surface area contributed by atoms with Crippen molar-refractivity contribution in [2.75, 3.05) is 0 Å². The summed E-state index contributed by atoms with van der Waals surface area (Å²) in [5.74, 6) is 0.956. The molecule has 0 saturated carbocycles. The van der Waals surface area contributed by atoms with Crippen LogP contribution in [-0.2, 0) is 0 Å². The smallest absolute Gasteiger partial charge is 0.119 e. The van der Waals surface area contributed by atoms with Crippen molar-refractivity contribution in [3.63, 3.8) is 0 Å². The average Bonchev–Trinajstić information content (AvgIpc) is 2.45. The van der Waals surface area contributed by atoms with Crippen LogP contribution in [0, 0.1) is 0 Å². The zero-order valence-corrected chi connectivity index (χ0v) is 14.5. The van der Waals surface area contributed by atoms with Gasteiger partial charge in [0.15, 0.2) is 0 Å². The molecule has 0 aliphatic carbocycles. The summed E-state index contributed by atoms with van der Waals surface area (Å²) in [6, 6.07) is 9.54. The maximum absolute atomic E-state index is 5.70. The van der Waals surface area contributed by atoms with E-state index in [-0.39, 0.29) is 6.10 Å². The Hall–Kier alpha value is -1.02. The van der Waals surface area contributed by atoms with Crippen molar-refractivity contribution < 1.29 is 4.74 Å². The Morgan fingerprint density at radius 2 is 1.62 bits per heavy atom. The normalized spacial score (nSPS) is 14.2. The number of rotatable bonds is 10. The van der Waals surface area contributed by atoms with Crippen molar-refractivity contribution in [1.82, 2.24) is 5.32 Å². The second-order valence-electron chi connectivity index (χ2n) is 6.25. The van der Waals surface area contributed by atoms with Crippen LogP contribution in [-0.4, -0.2) is 12.1 Å². The lowest BCUT2D eigenvalue weighted by molar-refractivity contribution is 0.242. The van der Waals surface area contributed by atoms with Crippen molar-refractivity contribution >= 4 is 0 Å². The van der Waals surface area contributed by atoms with Crippen LogP contribution in [0.5, 0.6) is 5.75 Å². The SMILES string of the molecule is CCCCC(CCC)NC(C)c1ccc(OC(C)C)cc1. The quantitative estimate of drug-likeness (QED) is 0.616. The second kappa shape index (κ2) is 9.83. The van der Waals surface area contributed by atoms with Gasteiger partial charge in [0, 0.05) is 12.1 Å². The maximum atomic E-state index is 5.70. The second-order valence-corrected chi connectivity index (χ2v) is 6.25. The Morgan fingerprint density at radius 1 is 0.952 bits per heavy atom. The molecule has 0 aliphatic rings. The maximum Gasteiger partial charge on any atom is 0.119 e. The molecule has 1 rings (SSSR count). The predicted molar refractivity (Wildman–Crippen MR) is 92.0 cm³/mol. The number of ether oxygens (including phenoxy) is 1. The van der Waals surface area contributed by atoms with Crippen LogP contribution in [0.1, 0.15) is 78.3 Å². The fourth-order valence-electron chi connectivity index (χ4n) is 2.67. The van der Waals surface area contributed by atoms with Gasteiger partial charge in [-0.25, -0.2) is 0 Å². The van der Waals surface area contributed by atoms with Gasteiger partial charge in [0.05, 0.1) is 6.10 Å². The zero-order valence-electron chi connectivity index (χ0n) is 14.5. The summed E-state index contributed by atoms with van der Waals surface area (Å²) < 4.78 is 5.70. The van der Waals surface area contributed by atoms with E-state index in [2.05, 4.69) is 64.2 Å². The number of hydrogen-bond donors (Lipinski definition) is 1. The molecule has 1 aromatic carbocycles. The van der Waals surface area contributed by atoms with Gasteiger partial charge in [-0.2, -0.15) is 0 Å². The van der Waals surface area contributed by atoms with E-state index in [1.54, 1.807) is 0 Å². The van der Waals surface area contributed by atoms with Gasteiger partial charge in [0.1, 0.15) is 5.75 Å². The summed E-state index contributed by atoms with van der Waals surface area (Å²) in [6.07, 6.45) is 6.61. The molecule has 1 N–H and O–H groups in total. The number of benzene rings is 1. The first-order chi connectivity index (χ1) is 10.1. The third-order valence-corrected chi connectivity index (χ3v) is 3.78. The van der Waals surface area contributed by atoms with Crippen LogP contribution in [0.2, 0.25) is 0 Å². The van der Waals surface area contributed by atoms with E-state index < -0.39 is 0 Å². The molecule has 2 unspecified atom stereocenters. The number of nitrogens with one attached hydrogen (secondary N) is 1. The van der Waals surface area contributed by atoms with Gasteiger partial charge in [-0.05, 0) is 51.3 Å². The Balaban J connectivity index is 2.57. The van der Waals surface area contributed by atoms with Crippen LogP contribution < -0.4 is 10.1 Å². The molecule has 0 spiro atoms. The van der Waals surface area contributed by atoms with Gasteiger partial charge in [-0.3, -0.25) is 0 Å². The van der Waals surface area contributed by atoms with Crippen LogP contribution >= 0.6 is 0 Å². The molecule has 1 aromatic rings. The molecule has 0 amide bonds. The average molecular weight is 291 g/mol. The van der Waals surface area contributed by atoms with E-state index in [1.807, 2.05) is 0 Å². The molecule has 2 atom stereocenters.